The monoisotopic (exact) mass is 365 g/mol. The number of benzene rings is 2. The number of carbonyl (C=O) groups is 1. The fourth-order valence-electron chi connectivity index (χ4n) is 2.97. The highest BCUT2D eigenvalue weighted by Gasteiger charge is 2.16. The number of fused-ring (bicyclic) bond motifs is 1. The molecule has 3 aromatic rings. The molecule has 0 spiro atoms. The third kappa shape index (κ3) is 3.32. The molecular weight excluding hydrogens is 350 g/mol. The lowest BCUT2D eigenvalue weighted by atomic mass is 9.98. The van der Waals surface area contributed by atoms with Crippen LogP contribution in [0.15, 0.2) is 42.5 Å². The molecule has 0 radical (unpaired) electrons. The zero-order chi connectivity index (χ0) is 18.8. The zero-order valence-corrected chi connectivity index (χ0v) is 15.0. The molecule has 2 aromatic carbocycles. The summed E-state index contributed by atoms with van der Waals surface area (Å²) in [6.45, 7) is 3.89. The van der Waals surface area contributed by atoms with E-state index in [1.165, 1.54) is 0 Å². The molecule has 1 aromatic heterocycles. The number of para-hydroxylation sites is 1. The topological polar surface area (TPSA) is 86.0 Å². The number of pyridine rings is 1. The van der Waals surface area contributed by atoms with Gasteiger partial charge >= 0.3 is 5.97 Å². The Morgan fingerprint density at radius 3 is 2.73 bits per heavy atom. The smallest absolute Gasteiger partial charge is 0.337 e. The first kappa shape index (κ1) is 17.7. The van der Waals surface area contributed by atoms with Gasteiger partial charge in [0, 0.05) is 17.1 Å². The van der Waals surface area contributed by atoms with Crippen LogP contribution in [0.3, 0.4) is 0 Å². The largest absolute Gasteiger partial charge is 0.478 e. The zero-order valence-electron chi connectivity index (χ0n) is 14.2. The van der Waals surface area contributed by atoms with Crippen LogP contribution in [0.5, 0.6) is 0 Å². The minimum atomic E-state index is -0.988. The van der Waals surface area contributed by atoms with Gasteiger partial charge in [0.05, 0.1) is 16.1 Å². The highest BCUT2D eigenvalue weighted by molar-refractivity contribution is 6.32. The lowest BCUT2D eigenvalue weighted by molar-refractivity contribution is 0.0698. The quantitative estimate of drug-likeness (QED) is 0.683. The molecular formula is C20H16ClN3O2. The fraction of sp³-hybridized carbons (Fsp3) is 0.150. The molecule has 3 rings (SSSR count). The van der Waals surface area contributed by atoms with Crippen LogP contribution < -0.4 is 5.32 Å². The Morgan fingerprint density at radius 2 is 2.04 bits per heavy atom. The number of nitriles is 1. The van der Waals surface area contributed by atoms with E-state index >= 15 is 0 Å². The van der Waals surface area contributed by atoms with E-state index in [1.54, 1.807) is 30.3 Å². The number of nitrogens with zero attached hydrogens (tertiary/aromatic N) is 2. The number of aromatic nitrogens is 1. The van der Waals surface area contributed by atoms with Crippen molar-refractivity contribution in [1.82, 2.24) is 4.98 Å². The molecule has 5 nitrogen and oxygen atoms in total. The molecule has 1 atom stereocenters. The van der Waals surface area contributed by atoms with Crippen molar-refractivity contribution in [3.63, 3.8) is 0 Å². The SMILES string of the molecule is Cc1cc(C(C)Nc2ccccc2C(=O)O)c2cc(Cl)c(C#N)nc2c1. The van der Waals surface area contributed by atoms with Crippen molar-refractivity contribution in [2.75, 3.05) is 5.32 Å². The molecule has 0 fully saturated rings. The molecule has 0 saturated carbocycles. The minimum Gasteiger partial charge on any atom is -0.478 e. The van der Waals surface area contributed by atoms with Crippen LogP contribution in [0.2, 0.25) is 5.02 Å². The van der Waals surface area contributed by atoms with Gasteiger partial charge in [-0.05, 0) is 49.2 Å². The first-order chi connectivity index (χ1) is 12.4. The maximum absolute atomic E-state index is 11.4. The molecule has 6 heteroatoms. The van der Waals surface area contributed by atoms with Crippen molar-refractivity contribution in [3.8, 4) is 6.07 Å². The van der Waals surface area contributed by atoms with Gasteiger partial charge in [-0.15, -0.1) is 0 Å². The normalized spacial score (nSPS) is 11.8. The van der Waals surface area contributed by atoms with E-state index in [1.807, 2.05) is 32.0 Å². The van der Waals surface area contributed by atoms with Crippen molar-refractivity contribution in [1.29, 1.82) is 5.26 Å². The van der Waals surface area contributed by atoms with Gasteiger partial charge in [0.25, 0.3) is 0 Å². The summed E-state index contributed by atoms with van der Waals surface area (Å²) in [5.41, 5.74) is 3.54. The number of rotatable bonds is 4. The Kier molecular flexibility index (Phi) is 4.79. The summed E-state index contributed by atoms with van der Waals surface area (Å²) in [5.74, 6) is -0.988. The molecule has 1 unspecified atom stereocenters. The Balaban J connectivity index is 2.09. The highest BCUT2D eigenvalue weighted by atomic mass is 35.5. The average molecular weight is 366 g/mol. The number of nitrogens with one attached hydrogen (secondary N) is 1. The Bertz CT molecular complexity index is 1060. The van der Waals surface area contributed by atoms with E-state index in [9.17, 15) is 9.90 Å². The molecule has 1 heterocycles. The van der Waals surface area contributed by atoms with Crippen LogP contribution in [-0.2, 0) is 0 Å². The first-order valence-electron chi connectivity index (χ1n) is 8.00. The number of carboxylic acid groups (broad SMARTS) is 1. The number of halogens is 1. The van der Waals surface area contributed by atoms with E-state index in [4.69, 9.17) is 16.9 Å². The van der Waals surface area contributed by atoms with E-state index in [-0.39, 0.29) is 17.3 Å². The first-order valence-corrected chi connectivity index (χ1v) is 8.38. The van der Waals surface area contributed by atoms with Gasteiger partial charge in [-0.2, -0.15) is 5.26 Å². The van der Waals surface area contributed by atoms with Crippen molar-refractivity contribution < 1.29 is 9.90 Å². The lowest BCUT2D eigenvalue weighted by Gasteiger charge is -2.20. The molecule has 130 valence electrons. The minimum absolute atomic E-state index is 0.188. The van der Waals surface area contributed by atoms with Crippen LogP contribution in [0.4, 0.5) is 5.69 Å². The van der Waals surface area contributed by atoms with Crippen LogP contribution in [0.25, 0.3) is 10.9 Å². The maximum Gasteiger partial charge on any atom is 0.337 e. The predicted octanol–water partition coefficient (Wildman–Crippen LogP) is 4.94. The van der Waals surface area contributed by atoms with Gasteiger partial charge in [0.2, 0.25) is 0 Å². The Labute approximate surface area is 155 Å². The van der Waals surface area contributed by atoms with E-state index in [0.29, 0.717) is 16.2 Å². The molecule has 2 N–H and O–H groups in total. The number of aryl methyl sites for hydroxylation is 1. The molecule has 0 aliphatic rings. The van der Waals surface area contributed by atoms with Gasteiger partial charge in [-0.3, -0.25) is 0 Å². The molecule has 0 bridgehead atoms. The van der Waals surface area contributed by atoms with Gasteiger partial charge < -0.3 is 10.4 Å². The maximum atomic E-state index is 11.4. The summed E-state index contributed by atoms with van der Waals surface area (Å²) in [6, 6.07) is 14.2. The van der Waals surface area contributed by atoms with Gasteiger partial charge in [-0.1, -0.05) is 29.8 Å². The van der Waals surface area contributed by atoms with E-state index in [2.05, 4.69) is 10.3 Å². The van der Waals surface area contributed by atoms with Crippen molar-refractivity contribution in [2.24, 2.45) is 0 Å². The van der Waals surface area contributed by atoms with Crippen molar-refractivity contribution in [3.05, 3.63) is 69.9 Å². The summed E-state index contributed by atoms with van der Waals surface area (Å²) < 4.78 is 0. The van der Waals surface area contributed by atoms with Gasteiger partial charge in [-0.25, -0.2) is 9.78 Å². The van der Waals surface area contributed by atoms with Gasteiger partial charge in [0.1, 0.15) is 6.07 Å². The van der Waals surface area contributed by atoms with Crippen molar-refractivity contribution in [2.45, 2.75) is 19.9 Å². The molecule has 26 heavy (non-hydrogen) atoms. The summed E-state index contributed by atoms with van der Waals surface area (Å²) in [5, 5.41) is 22.9. The molecule has 0 saturated heterocycles. The lowest BCUT2D eigenvalue weighted by Crippen LogP contribution is -2.11. The second-order valence-corrected chi connectivity index (χ2v) is 6.48. The third-order valence-corrected chi connectivity index (χ3v) is 4.45. The van der Waals surface area contributed by atoms with Crippen LogP contribution >= 0.6 is 11.6 Å². The number of anilines is 1. The molecule has 0 aliphatic carbocycles. The summed E-state index contributed by atoms with van der Waals surface area (Å²) in [4.78, 5) is 15.8. The van der Waals surface area contributed by atoms with Crippen LogP contribution in [0, 0.1) is 18.3 Å². The van der Waals surface area contributed by atoms with Crippen LogP contribution in [0.1, 0.15) is 40.1 Å². The molecule has 0 aliphatic heterocycles. The number of carboxylic acids is 1. The van der Waals surface area contributed by atoms with E-state index < -0.39 is 5.97 Å². The summed E-state index contributed by atoms with van der Waals surface area (Å²) in [6.07, 6.45) is 0. The predicted molar refractivity (Wildman–Crippen MR) is 102 cm³/mol. The standard InChI is InChI=1S/C20H16ClN3O2/c1-11-7-14(15-9-16(21)19(10-22)24-18(15)8-11)12(2)23-17-6-4-3-5-13(17)20(25)26/h3-9,12,23H,1-2H3,(H,25,26). The van der Waals surface area contributed by atoms with Crippen molar-refractivity contribution >= 4 is 34.2 Å². The Hall–Kier alpha value is -3.10. The molecule has 0 amide bonds. The highest BCUT2D eigenvalue weighted by Crippen LogP contribution is 2.31. The summed E-state index contributed by atoms with van der Waals surface area (Å²) >= 11 is 6.16. The average Bonchev–Trinajstić information content (AvgIpc) is 2.61. The number of hydrogen-bond donors (Lipinski definition) is 2. The number of hydrogen-bond acceptors (Lipinski definition) is 4. The second-order valence-electron chi connectivity index (χ2n) is 6.07. The fourth-order valence-corrected chi connectivity index (χ4v) is 3.16. The van der Waals surface area contributed by atoms with Gasteiger partial charge in [0.15, 0.2) is 5.69 Å². The number of aromatic carboxylic acids is 1. The Morgan fingerprint density at radius 1 is 1.31 bits per heavy atom. The second kappa shape index (κ2) is 7.03. The third-order valence-electron chi connectivity index (χ3n) is 4.17. The van der Waals surface area contributed by atoms with E-state index in [0.717, 1.165) is 16.5 Å². The summed E-state index contributed by atoms with van der Waals surface area (Å²) in [7, 11) is 0. The van der Waals surface area contributed by atoms with Crippen LogP contribution in [-0.4, -0.2) is 16.1 Å².